The Morgan fingerprint density at radius 2 is 0.631 bits per heavy atom. The van der Waals surface area contributed by atoms with Crippen LogP contribution in [0.15, 0.2) is 60.8 Å². The van der Waals surface area contributed by atoms with E-state index in [0.717, 1.165) is 83.5 Å². The normalized spacial score (nSPS) is 12.5. The highest BCUT2D eigenvalue weighted by Gasteiger charge is 2.19. The Labute approximate surface area is 402 Å². The third-order valence-corrected chi connectivity index (χ3v) is 12.0. The fourth-order valence-electron chi connectivity index (χ4n) is 7.78. The number of hydrogen-bond acceptors (Lipinski definition) is 6. The van der Waals surface area contributed by atoms with E-state index >= 15 is 0 Å². The molecule has 0 saturated carbocycles. The average molecular weight is 909 g/mol. The highest BCUT2D eigenvalue weighted by Crippen LogP contribution is 2.14. The number of allylic oxidation sites excluding steroid dienone is 10. The number of hydrogen-bond donors (Lipinski definition) is 0. The van der Waals surface area contributed by atoms with Crippen LogP contribution in [0.5, 0.6) is 0 Å². The summed E-state index contributed by atoms with van der Waals surface area (Å²) >= 11 is 0. The third-order valence-electron chi connectivity index (χ3n) is 12.0. The quantitative estimate of drug-likeness (QED) is 0.0199. The Kier molecular flexibility index (Phi) is 51.3. The molecule has 1 unspecified atom stereocenters. The Bertz CT molecular complexity index is 1180. The number of carbonyl (C=O) groups excluding carboxylic acids is 3. The van der Waals surface area contributed by atoms with Crippen LogP contribution in [0.2, 0.25) is 0 Å². The van der Waals surface area contributed by atoms with Gasteiger partial charge in [-0.15, -0.1) is 0 Å². The van der Waals surface area contributed by atoms with Gasteiger partial charge in [-0.3, -0.25) is 14.4 Å². The van der Waals surface area contributed by atoms with Crippen molar-refractivity contribution < 1.29 is 28.6 Å². The van der Waals surface area contributed by atoms with Gasteiger partial charge in [0.1, 0.15) is 13.2 Å². The van der Waals surface area contributed by atoms with Crippen LogP contribution in [0.4, 0.5) is 0 Å². The summed E-state index contributed by atoms with van der Waals surface area (Å²) in [4.78, 5) is 38.0. The number of carbonyl (C=O) groups is 3. The lowest BCUT2D eigenvalue weighted by Crippen LogP contribution is -2.30. The van der Waals surface area contributed by atoms with E-state index in [2.05, 4.69) is 75.5 Å². The van der Waals surface area contributed by atoms with E-state index in [9.17, 15) is 14.4 Å². The minimum absolute atomic E-state index is 0.102. The lowest BCUT2D eigenvalue weighted by atomic mass is 10.1. The van der Waals surface area contributed by atoms with Crippen LogP contribution < -0.4 is 0 Å². The number of unbranched alkanes of at least 4 members (excludes halogenated alkanes) is 30. The van der Waals surface area contributed by atoms with E-state index in [4.69, 9.17) is 14.2 Å². The van der Waals surface area contributed by atoms with E-state index in [1.807, 2.05) is 6.08 Å². The molecule has 65 heavy (non-hydrogen) atoms. The molecule has 0 aliphatic heterocycles. The summed E-state index contributed by atoms with van der Waals surface area (Å²) in [7, 11) is 0. The molecule has 0 bridgehead atoms. The van der Waals surface area contributed by atoms with Gasteiger partial charge in [-0.05, 0) is 89.9 Å². The first-order chi connectivity index (χ1) is 32.0. The summed E-state index contributed by atoms with van der Waals surface area (Å²) < 4.78 is 16.8. The fourth-order valence-corrected chi connectivity index (χ4v) is 7.78. The Hall–Kier alpha value is -2.89. The zero-order chi connectivity index (χ0) is 47.2. The second-order valence-electron chi connectivity index (χ2n) is 18.5. The van der Waals surface area contributed by atoms with Crippen LogP contribution in [0.25, 0.3) is 0 Å². The maximum Gasteiger partial charge on any atom is 0.306 e. The van der Waals surface area contributed by atoms with Crippen molar-refractivity contribution in [2.75, 3.05) is 13.2 Å². The van der Waals surface area contributed by atoms with Crippen molar-refractivity contribution in [1.82, 2.24) is 0 Å². The second kappa shape index (κ2) is 53.7. The van der Waals surface area contributed by atoms with Crippen molar-refractivity contribution in [3.63, 3.8) is 0 Å². The molecule has 6 nitrogen and oxygen atoms in total. The van der Waals surface area contributed by atoms with Crippen molar-refractivity contribution in [3.8, 4) is 0 Å². The molecule has 1 atom stereocenters. The molecule has 376 valence electrons. The maximum absolute atomic E-state index is 12.8. The topological polar surface area (TPSA) is 78.9 Å². The first-order valence-electron chi connectivity index (χ1n) is 27.8. The van der Waals surface area contributed by atoms with E-state index in [-0.39, 0.29) is 37.5 Å². The van der Waals surface area contributed by atoms with Gasteiger partial charge in [0.05, 0.1) is 0 Å². The van der Waals surface area contributed by atoms with Gasteiger partial charge >= 0.3 is 17.9 Å². The molecule has 6 heteroatoms. The summed E-state index contributed by atoms with van der Waals surface area (Å²) in [6.45, 7) is 6.57. The Balaban J connectivity index is 4.45. The van der Waals surface area contributed by atoms with Gasteiger partial charge < -0.3 is 14.2 Å². The first-order valence-corrected chi connectivity index (χ1v) is 27.8. The molecule has 0 N–H and O–H groups in total. The SMILES string of the molecule is CCCCCCCC/C=C/C/C=C/CCC(=O)OCC(COC(=O)CCCCCCC/C=C/C=C/CCCCCCCCC)OC(=O)CCCCCCC/C=C/CCCCCCCCC. The van der Waals surface area contributed by atoms with Crippen molar-refractivity contribution in [2.45, 2.75) is 284 Å². The number of rotatable bonds is 50. The minimum atomic E-state index is -0.807. The van der Waals surface area contributed by atoms with Crippen molar-refractivity contribution in [3.05, 3.63) is 60.8 Å². The molecule has 0 rings (SSSR count). The number of esters is 3. The molecular weight excluding hydrogens is 805 g/mol. The van der Waals surface area contributed by atoms with Crippen LogP contribution in [-0.2, 0) is 28.6 Å². The predicted molar refractivity (Wildman–Crippen MR) is 279 cm³/mol. The minimum Gasteiger partial charge on any atom is -0.462 e. The average Bonchev–Trinajstić information content (AvgIpc) is 3.30. The highest BCUT2D eigenvalue weighted by atomic mass is 16.6. The summed E-state index contributed by atoms with van der Waals surface area (Å²) in [6.07, 6.45) is 66.5. The van der Waals surface area contributed by atoms with Gasteiger partial charge in [-0.1, -0.05) is 229 Å². The summed E-state index contributed by atoms with van der Waals surface area (Å²) in [6, 6.07) is 0. The zero-order valence-corrected chi connectivity index (χ0v) is 43.0. The van der Waals surface area contributed by atoms with Gasteiger partial charge in [0.25, 0.3) is 0 Å². The van der Waals surface area contributed by atoms with Gasteiger partial charge in [0.15, 0.2) is 6.10 Å². The standard InChI is InChI=1S/C59H104O6/c1-4-7-10-13-16-19-22-25-27-29-30-32-34-37-40-43-46-49-52-58(61)64-55-56(54-63-57(60)51-48-45-42-39-36-33-24-21-18-15-12-9-6-3)65-59(62)53-50-47-44-41-38-35-31-28-26-23-20-17-14-11-8-5-2/h27-33,36,42,45,56H,4-26,34-35,37-41,43-44,46-55H2,1-3H3/b29-27+,31-28+,32-30+,36-33+,45-42+. The van der Waals surface area contributed by atoms with Gasteiger partial charge in [-0.2, -0.15) is 0 Å². The van der Waals surface area contributed by atoms with Crippen molar-refractivity contribution in [1.29, 1.82) is 0 Å². The molecule has 0 radical (unpaired) electrons. The van der Waals surface area contributed by atoms with Crippen LogP contribution >= 0.6 is 0 Å². The lowest BCUT2D eigenvalue weighted by molar-refractivity contribution is -0.166. The van der Waals surface area contributed by atoms with Crippen LogP contribution in [0, 0.1) is 0 Å². The zero-order valence-electron chi connectivity index (χ0n) is 43.0. The monoisotopic (exact) mass is 909 g/mol. The maximum atomic E-state index is 12.8. The van der Waals surface area contributed by atoms with E-state index in [0.29, 0.717) is 19.3 Å². The van der Waals surface area contributed by atoms with Crippen LogP contribution in [0.1, 0.15) is 278 Å². The summed E-state index contributed by atoms with van der Waals surface area (Å²) in [5.41, 5.74) is 0. The molecular formula is C59H104O6. The molecule has 0 heterocycles. The molecule has 0 saturated heterocycles. The van der Waals surface area contributed by atoms with E-state index in [1.165, 1.54) is 148 Å². The second-order valence-corrected chi connectivity index (χ2v) is 18.5. The van der Waals surface area contributed by atoms with E-state index < -0.39 is 6.10 Å². The Morgan fingerprint density at radius 3 is 1.05 bits per heavy atom. The highest BCUT2D eigenvalue weighted by molar-refractivity contribution is 5.71. The number of ether oxygens (including phenoxy) is 3. The largest absolute Gasteiger partial charge is 0.462 e. The van der Waals surface area contributed by atoms with Gasteiger partial charge in [0, 0.05) is 19.3 Å². The lowest BCUT2D eigenvalue weighted by Gasteiger charge is -2.18. The first kappa shape index (κ1) is 62.1. The molecule has 0 amide bonds. The molecule has 0 fully saturated rings. The van der Waals surface area contributed by atoms with Crippen molar-refractivity contribution in [2.24, 2.45) is 0 Å². The van der Waals surface area contributed by atoms with Crippen LogP contribution in [0.3, 0.4) is 0 Å². The summed E-state index contributed by atoms with van der Waals surface area (Å²) in [5.74, 6) is -0.987. The molecule has 0 spiro atoms. The molecule has 0 aromatic heterocycles. The smallest absolute Gasteiger partial charge is 0.306 e. The molecule has 0 aliphatic carbocycles. The summed E-state index contributed by atoms with van der Waals surface area (Å²) in [5, 5.41) is 0. The van der Waals surface area contributed by atoms with Gasteiger partial charge in [0.2, 0.25) is 0 Å². The fraction of sp³-hybridized carbons (Fsp3) is 0.780. The van der Waals surface area contributed by atoms with Crippen LogP contribution in [-0.4, -0.2) is 37.2 Å². The Morgan fingerprint density at radius 1 is 0.323 bits per heavy atom. The third kappa shape index (κ3) is 51.9. The predicted octanol–water partition coefficient (Wildman–Crippen LogP) is 18.4. The van der Waals surface area contributed by atoms with Gasteiger partial charge in [-0.25, -0.2) is 0 Å². The molecule has 0 aromatic carbocycles. The van der Waals surface area contributed by atoms with E-state index in [1.54, 1.807) is 0 Å². The molecule has 0 aliphatic rings. The molecule has 0 aromatic rings. The van der Waals surface area contributed by atoms with Crippen molar-refractivity contribution >= 4 is 17.9 Å².